The van der Waals surface area contributed by atoms with E-state index >= 15 is 0 Å². The van der Waals surface area contributed by atoms with E-state index in [4.69, 9.17) is 4.74 Å². The fraction of sp³-hybridized carbons (Fsp3) is 0.914. The summed E-state index contributed by atoms with van der Waals surface area (Å²) in [5.41, 5.74) is 0.0260. The molecule has 266 valence electrons. The summed E-state index contributed by atoms with van der Waals surface area (Å²) in [6.07, 6.45) is 4.31. The van der Waals surface area contributed by atoms with Crippen LogP contribution in [0.3, 0.4) is 0 Å². The van der Waals surface area contributed by atoms with Gasteiger partial charge in [-0.3, -0.25) is 4.99 Å². The number of hydrogen-bond acceptors (Lipinski definition) is 10. The third-order valence-electron chi connectivity index (χ3n) is 10.3. The van der Waals surface area contributed by atoms with Gasteiger partial charge in [-0.2, -0.15) is 20.3 Å². The van der Waals surface area contributed by atoms with E-state index in [2.05, 4.69) is 52.6 Å². The lowest BCUT2D eigenvalue weighted by Crippen LogP contribution is -2.58. The van der Waals surface area contributed by atoms with E-state index < -0.39 is 11.4 Å². The first-order valence-electron chi connectivity index (χ1n) is 16.5. The van der Waals surface area contributed by atoms with Crippen molar-refractivity contribution >= 4 is 5.71 Å². The highest BCUT2D eigenvalue weighted by Crippen LogP contribution is 2.40. The van der Waals surface area contributed by atoms with Crippen molar-refractivity contribution in [1.82, 2.24) is 20.3 Å². The zero-order chi connectivity index (χ0) is 36.2. The molecule has 0 saturated carbocycles. The highest BCUT2D eigenvalue weighted by atomic mass is 16.6. The highest BCUT2D eigenvalue weighted by Gasteiger charge is 2.50. The molecule has 0 radical (unpaired) electrons. The average Bonchev–Trinajstić information content (AvgIpc) is 3.15. The second-order valence-corrected chi connectivity index (χ2v) is 18.0. The van der Waals surface area contributed by atoms with Gasteiger partial charge in [0.05, 0.1) is 28.3 Å². The maximum atomic E-state index is 9.92. The topological polar surface area (TPSA) is 115 Å². The zero-order valence-electron chi connectivity index (χ0n) is 32.6. The normalized spacial score (nSPS) is 31.0. The van der Waals surface area contributed by atoms with E-state index in [9.17, 15) is 20.8 Å². The molecular weight excluding hydrogens is 570 g/mol. The molecule has 1 atom stereocenters. The van der Waals surface area contributed by atoms with Crippen LogP contribution in [0.5, 0.6) is 0 Å². The minimum atomic E-state index is -0.553. The van der Waals surface area contributed by atoms with E-state index in [0.717, 1.165) is 18.6 Å². The van der Waals surface area contributed by atoms with Gasteiger partial charge >= 0.3 is 0 Å². The first-order valence-corrected chi connectivity index (χ1v) is 16.5. The quantitative estimate of drug-likeness (QED) is 0.195. The number of rotatable bonds is 0. The van der Waals surface area contributed by atoms with E-state index in [1.54, 1.807) is 0 Å². The van der Waals surface area contributed by atoms with Crippen molar-refractivity contribution in [3.05, 3.63) is 11.6 Å². The maximum Gasteiger partial charge on any atom is 0.139 e. The van der Waals surface area contributed by atoms with Gasteiger partial charge in [-0.1, -0.05) is 18.6 Å². The van der Waals surface area contributed by atoms with Crippen LogP contribution in [0, 0.1) is 5.92 Å². The van der Waals surface area contributed by atoms with Crippen molar-refractivity contribution in [3.8, 4) is 0 Å². The number of ether oxygens (including phenoxy) is 1. The Morgan fingerprint density at radius 3 is 1.22 bits per heavy atom. The minimum absolute atomic E-state index is 0.0579. The number of hydrogen-bond donors (Lipinski definition) is 4. The minimum Gasteiger partial charge on any atom is -0.354 e. The van der Waals surface area contributed by atoms with Gasteiger partial charge < -0.3 is 25.6 Å². The number of hydroxylamine groups is 8. The Hall–Kier alpha value is -0.950. The number of piperidine rings is 1. The lowest BCUT2D eigenvalue weighted by molar-refractivity contribution is -0.249. The Kier molecular flexibility index (Phi) is 12.3. The molecule has 4 heterocycles. The molecule has 0 spiro atoms. The summed E-state index contributed by atoms with van der Waals surface area (Å²) in [6, 6.07) is 0. The van der Waals surface area contributed by atoms with Crippen molar-refractivity contribution in [2.24, 2.45) is 10.9 Å². The molecule has 4 rings (SSSR count). The molecular formula is C35H71N5O5. The molecule has 0 aromatic carbocycles. The third kappa shape index (κ3) is 8.95. The first-order chi connectivity index (χ1) is 19.6. The van der Waals surface area contributed by atoms with Gasteiger partial charge in [0.1, 0.15) is 11.4 Å². The van der Waals surface area contributed by atoms with E-state index in [-0.39, 0.29) is 39.3 Å². The van der Waals surface area contributed by atoms with Crippen molar-refractivity contribution in [2.45, 2.75) is 202 Å². The molecule has 10 heteroatoms. The molecule has 0 amide bonds. The van der Waals surface area contributed by atoms with Crippen LogP contribution in [0.25, 0.3) is 0 Å². The van der Waals surface area contributed by atoms with Crippen molar-refractivity contribution in [2.75, 3.05) is 0 Å². The van der Waals surface area contributed by atoms with Crippen LogP contribution in [0.1, 0.15) is 151 Å². The van der Waals surface area contributed by atoms with Crippen LogP contribution in [0.4, 0.5) is 0 Å². The summed E-state index contributed by atoms with van der Waals surface area (Å²) < 4.78 is 5.55. The van der Waals surface area contributed by atoms with Crippen LogP contribution < -0.4 is 0 Å². The monoisotopic (exact) mass is 642 g/mol. The Morgan fingerprint density at radius 1 is 0.644 bits per heavy atom. The molecule has 4 aliphatic rings. The molecule has 4 aliphatic heterocycles. The van der Waals surface area contributed by atoms with Crippen molar-refractivity contribution in [3.63, 3.8) is 0 Å². The summed E-state index contributed by atoms with van der Waals surface area (Å²) >= 11 is 0. The summed E-state index contributed by atoms with van der Waals surface area (Å²) in [5.74, 6) is 0.707. The van der Waals surface area contributed by atoms with E-state index in [1.165, 1.54) is 25.8 Å². The molecule has 2 fully saturated rings. The Balaban J connectivity index is 0.000000300. The molecule has 0 aromatic heterocycles. The molecule has 0 bridgehead atoms. The molecule has 4 N–H and O–H groups in total. The summed E-state index contributed by atoms with van der Waals surface area (Å²) in [7, 11) is 0. The predicted molar refractivity (Wildman–Crippen MR) is 183 cm³/mol. The molecule has 0 aliphatic carbocycles. The fourth-order valence-corrected chi connectivity index (χ4v) is 7.35. The van der Waals surface area contributed by atoms with Crippen molar-refractivity contribution in [1.29, 1.82) is 0 Å². The number of nitrogens with zero attached hydrogens (tertiary/aromatic N) is 5. The fourth-order valence-electron chi connectivity index (χ4n) is 7.35. The molecule has 2 saturated heterocycles. The standard InChI is InChI=1S/C10H21NO.C9H17NO.C8H16N2O.C8H17NO2/c1-8-6-9(2,3)11(12)10(4,5)7-8;1-7-6-8(2,3)10(11)9(7,4)5;1-6-7(2,3)10(11)8(4,5)9-6;1-6-7(2,3)9(10)8(4,5)11-6/h8,12H,6-7H2,1-5H3;6,11H,1-5H3;11H,1-5H3;6,10H,1-5H3. The van der Waals surface area contributed by atoms with Gasteiger partial charge in [0, 0.05) is 16.8 Å². The van der Waals surface area contributed by atoms with Crippen LogP contribution >= 0.6 is 0 Å². The van der Waals surface area contributed by atoms with Gasteiger partial charge in [-0.25, -0.2) is 0 Å². The Morgan fingerprint density at radius 2 is 1.07 bits per heavy atom. The van der Waals surface area contributed by atoms with Crippen molar-refractivity contribution < 1.29 is 25.6 Å². The van der Waals surface area contributed by atoms with Gasteiger partial charge in [-0.15, -0.1) is 0 Å². The van der Waals surface area contributed by atoms with Gasteiger partial charge in [-0.05, 0) is 150 Å². The summed E-state index contributed by atoms with van der Waals surface area (Å²) in [6.45, 7) is 40.0. The number of aliphatic imine (C=N–C) groups is 1. The Labute approximate surface area is 275 Å². The average molecular weight is 642 g/mol. The van der Waals surface area contributed by atoms with Crippen LogP contribution in [0.2, 0.25) is 0 Å². The molecule has 10 nitrogen and oxygen atoms in total. The second kappa shape index (κ2) is 13.2. The lowest BCUT2D eigenvalue weighted by Gasteiger charge is -2.50. The van der Waals surface area contributed by atoms with Gasteiger partial charge in [0.25, 0.3) is 0 Å². The predicted octanol–water partition coefficient (Wildman–Crippen LogP) is 8.14. The highest BCUT2D eigenvalue weighted by molar-refractivity contribution is 5.92. The molecule has 45 heavy (non-hydrogen) atoms. The van der Waals surface area contributed by atoms with Gasteiger partial charge in [0.15, 0.2) is 0 Å². The van der Waals surface area contributed by atoms with Crippen LogP contribution in [0.15, 0.2) is 16.6 Å². The zero-order valence-corrected chi connectivity index (χ0v) is 32.6. The van der Waals surface area contributed by atoms with E-state index in [0.29, 0.717) is 5.92 Å². The van der Waals surface area contributed by atoms with Crippen LogP contribution in [-0.2, 0) is 4.74 Å². The smallest absolute Gasteiger partial charge is 0.139 e. The lowest BCUT2D eigenvalue weighted by atomic mass is 9.76. The van der Waals surface area contributed by atoms with E-state index in [1.807, 2.05) is 96.9 Å². The summed E-state index contributed by atoms with van der Waals surface area (Å²) in [5, 5.41) is 44.5. The second-order valence-electron chi connectivity index (χ2n) is 18.0. The first kappa shape index (κ1) is 42.1. The SMILES string of the molecule is CC1=CC(C)(C)N(O)C1(C)C.CC1=NC(C)(C)N(O)C1(C)C.CC1CC(C)(C)N(O)C(C)(C)C1.CC1OC(C)(C)N(O)C1(C)C. The summed E-state index contributed by atoms with van der Waals surface area (Å²) in [4.78, 5) is 4.35. The third-order valence-corrected chi connectivity index (χ3v) is 10.3. The maximum absolute atomic E-state index is 9.92. The molecule has 0 aromatic rings. The van der Waals surface area contributed by atoms with Gasteiger partial charge in [0.2, 0.25) is 0 Å². The Bertz CT molecular complexity index is 1030. The van der Waals surface area contributed by atoms with Crippen LogP contribution in [-0.4, -0.2) is 97.5 Å². The largest absolute Gasteiger partial charge is 0.354 e. The molecule has 1 unspecified atom stereocenters.